The van der Waals surface area contributed by atoms with Gasteiger partial charge in [0, 0.05) is 40.8 Å². The molecule has 0 unspecified atom stereocenters. The highest BCUT2D eigenvalue weighted by Crippen LogP contribution is 2.14. The van der Waals surface area contributed by atoms with Crippen LogP contribution in [0.2, 0.25) is 0 Å². The number of rotatable bonds is 8. The lowest BCUT2D eigenvalue weighted by Gasteiger charge is -2.08. The minimum atomic E-state index is -0.214. The van der Waals surface area contributed by atoms with Gasteiger partial charge in [-0.15, -0.1) is 0 Å². The number of thioether (sulfide) groups is 1. The van der Waals surface area contributed by atoms with Crippen LogP contribution in [0.25, 0.3) is 0 Å². The summed E-state index contributed by atoms with van der Waals surface area (Å²) >= 11 is 4.69. The first-order valence-electron chi connectivity index (χ1n) is 8.35. The van der Waals surface area contributed by atoms with Crippen LogP contribution in [0, 0.1) is 6.92 Å². The van der Waals surface area contributed by atoms with Crippen LogP contribution in [0.15, 0.2) is 38.7 Å². The fourth-order valence-electron chi connectivity index (χ4n) is 2.37. The lowest BCUT2D eigenvalue weighted by atomic mass is 10.1. The molecule has 2 amide bonds. The Labute approximate surface area is 169 Å². The van der Waals surface area contributed by atoms with Crippen LogP contribution in [-0.4, -0.2) is 34.6 Å². The van der Waals surface area contributed by atoms with E-state index in [0.29, 0.717) is 28.5 Å². The number of hydrogen-bond acceptors (Lipinski definition) is 5. The largest absolute Gasteiger partial charge is 0.356 e. The van der Waals surface area contributed by atoms with Crippen molar-refractivity contribution in [2.24, 2.45) is 0 Å². The Bertz CT molecular complexity index is 868. The summed E-state index contributed by atoms with van der Waals surface area (Å²) in [5.41, 5.74) is 1.62. The van der Waals surface area contributed by atoms with Gasteiger partial charge in [-0.25, -0.2) is 4.98 Å². The summed E-state index contributed by atoms with van der Waals surface area (Å²) in [5, 5.41) is 6.01. The summed E-state index contributed by atoms with van der Waals surface area (Å²) in [4.78, 5) is 42.8. The number of aromatic amines is 1. The molecule has 0 saturated carbocycles. The smallest absolute Gasteiger partial charge is 0.254 e. The quantitative estimate of drug-likeness (QED) is 0.421. The number of benzene rings is 1. The molecule has 1 aromatic carbocycles. The Hall–Kier alpha value is -2.13. The minimum Gasteiger partial charge on any atom is -0.356 e. The fraction of sp³-hybridized carbons (Fsp3) is 0.333. The number of aryl methyl sites for hydroxylation is 1. The highest BCUT2D eigenvalue weighted by Gasteiger charge is 2.11. The maximum atomic E-state index is 12.0. The summed E-state index contributed by atoms with van der Waals surface area (Å²) in [6.07, 6.45) is 2.47. The molecular weight excluding hydrogens is 432 g/mol. The Balaban J connectivity index is 1.74. The van der Waals surface area contributed by atoms with Gasteiger partial charge in [-0.2, -0.15) is 0 Å². The molecule has 0 atom stereocenters. The Kier molecular flexibility index (Phi) is 8.05. The van der Waals surface area contributed by atoms with Gasteiger partial charge in [0.05, 0.1) is 0 Å². The number of hydrogen-bond donors (Lipinski definition) is 3. The lowest BCUT2D eigenvalue weighted by molar-refractivity contribution is -0.121. The number of anilines is 1. The van der Waals surface area contributed by atoms with Crippen molar-refractivity contribution < 1.29 is 9.59 Å². The van der Waals surface area contributed by atoms with Gasteiger partial charge < -0.3 is 15.6 Å². The Morgan fingerprint density at radius 1 is 1.19 bits per heavy atom. The number of carbonyl (C=O) groups excluding carboxylic acids is 2. The molecule has 0 saturated heterocycles. The van der Waals surface area contributed by atoms with Crippen molar-refractivity contribution in [1.29, 1.82) is 0 Å². The minimum absolute atomic E-state index is 0.165. The van der Waals surface area contributed by atoms with Gasteiger partial charge in [0.2, 0.25) is 11.8 Å². The predicted octanol–water partition coefficient (Wildman–Crippen LogP) is 2.64. The molecule has 144 valence electrons. The summed E-state index contributed by atoms with van der Waals surface area (Å²) in [6.45, 7) is 1.99. The number of H-pyrrole nitrogens is 1. The van der Waals surface area contributed by atoms with Gasteiger partial charge in [-0.05, 0) is 43.9 Å². The average molecular weight is 453 g/mol. The van der Waals surface area contributed by atoms with Crippen molar-refractivity contribution in [2.45, 2.75) is 31.3 Å². The third kappa shape index (κ3) is 6.84. The zero-order valence-electron chi connectivity index (χ0n) is 15.1. The second kappa shape index (κ2) is 10.3. The van der Waals surface area contributed by atoms with E-state index in [1.54, 1.807) is 19.1 Å². The molecule has 1 aromatic heterocycles. The maximum Gasteiger partial charge on any atom is 0.254 e. The van der Waals surface area contributed by atoms with Crippen LogP contribution >= 0.6 is 27.7 Å². The van der Waals surface area contributed by atoms with Crippen LogP contribution in [0.3, 0.4) is 0 Å². The standard InChI is InChI=1S/C18H21BrN4O3S/c1-11-14(17(26)23-18(21-11)27-2)7-8-15(24)20-10-9-16(25)22-13-5-3-12(19)4-6-13/h3-6H,7-10H2,1-2H3,(H,20,24)(H,22,25)(H,21,23,26). The van der Waals surface area contributed by atoms with E-state index in [-0.39, 0.29) is 36.8 Å². The van der Waals surface area contributed by atoms with Crippen LogP contribution in [-0.2, 0) is 16.0 Å². The predicted molar refractivity (Wildman–Crippen MR) is 110 cm³/mol. The number of nitrogens with zero attached hydrogens (tertiary/aromatic N) is 1. The van der Waals surface area contributed by atoms with Crippen molar-refractivity contribution in [2.75, 3.05) is 18.1 Å². The zero-order valence-corrected chi connectivity index (χ0v) is 17.5. The monoisotopic (exact) mass is 452 g/mol. The SMILES string of the molecule is CSc1nc(C)c(CCC(=O)NCCC(=O)Nc2ccc(Br)cc2)c(=O)[nH]1. The van der Waals surface area contributed by atoms with Gasteiger partial charge in [-0.1, -0.05) is 27.7 Å². The first-order valence-corrected chi connectivity index (χ1v) is 10.4. The second-order valence-corrected chi connectivity index (χ2v) is 7.50. The fourth-order valence-corrected chi connectivity index (χ4v) is 3.06. The van der Waals surface area contributed by atoms with E-state index in [4.69, 9.17) is 0 Å². The van der Waals surface area contributed by atoms with Gasteiger partial charge in [0.15, 0.2) is 5.16 Å². The van der Waals surface area contributed by atoms with E-state index in [9.17, 15) is 14.4 Å². The summed E-state index contributed by atoms with van der Waals surface area (Å²) < 4.78 is 0.931. The molecule has 2 aromatic rings. The molecule has 3 N–H and O–H groups in total. The van der Waals surface area contributed by atoms with Crippen molar-refractivity contribution in [3.8, 4) is 0 Å². The third-order valence-electron chi connectivity index (χ3n) is 3.80. The molecule has 0 aliphatic rings. The molecule has 0 fully saturated rings. The first-order chi connectivity index (χ1) is 12.9. The van der Waals surface area contributed by atoms with Crippen LogP contribution in [0.1, 0.15) is 24.1 Å². The highest BCUT2D eigenvalue weighted by molar-refractivity contribution is 9.10. The number of amides is 2. The molecule has 0 bridgehead atoms. The van der Waals surface area contributed by atoms with Crippen LogP contribution < -0.4 is 16.2 Å². The van der Waals surface area contributed by atoms with E-state index in [1.165, 1.54) is 11.8 Å². The lowest BCUT2D eigenvalue weighted by Crippen LogP contribution is -2.28. The number of carbonyl (C=O) groups is 2. The van der Waals surface area contributed by atoms with E-state index < -0.39 is 0 Å². The molecule has 9 heteroatoms. The topological polar surface area (TPSA) is 104 Å². The van der Waals surface area contributed by atoms with E-state index >= 15 is 0 Å². The van der Waals surface area contributed by atoms with E-state index in [1.807, 2.05) is 18.4 Å². The molecule has 0 spiro atoms. The van der Waals surface area contributed by atoms with E-state index in [2.05, 4.69) is 36.5 Å². The van der Waals surface area contributed by atoms with E-state index in [0.717, 1.165) is 4.47 Å². The summed E-state index contributed by atoms with van der Waals surface area (Å²) in [7, 11) is 0. The summed E-state index contributed by atoms with van der Waals surface area (Å²) in [5.74, 6) is -0.388. The van der Waals surface area contributed by atoms with Crippen molar-refractivity contribution >= 4 is 45.2 Å². The Morgan fingerprint density at radius 3 is 2.52 bits per heavy atom. The molecule has 27 heavy (non-hydrogen) atoms. The second-order valence-electron chi connectivity index (χ2n) is 5.79. The average Bonchev–Trinajstić information content (AvgIpc) is 2.62. The van der Waals surface area contributed by atoms with Gasteiger partial charge in [-0.3, -0.25) is 14.4 Å². The van der Waals surface area contributed by atoms with Crippen molar-refractivity contribution in [3.63, 3.8) is 0 Å². The first kappa shape index (κ1) is 21.2. The van der Waals surface area contributed by atoms with Gasteiger partial charge in [0.25, 0.3) is 5.56 Å². The number of nitrogens with one attached hydrogen (secondary N) is 3. The zero-order chi connectivity index (χ0) is 19.8. The number of aromatic nitrogens is 2. The molecule has 1 heterocycles. The van der Waals surface area contributed by atoms with Crippen LogP contribution in [0.5, 0.6) is 0 Å². The summed E-state index contributed by atoms with van der Waals surface area (Å²) in [6, 6.07) is 7.25. The third-order valence-corrected chi connectivity index (χ3v) is 4.91. The number of halogens is 1. The molecule has 0 radical (unpaired) electrons. The molecule has 7 nitrogen and oxygen atoms in total. The van der Waals surface area contributed by atoms with Gasteiger partial charge in [0.1, 0.15) is 0 Å². The highest BCUT2D eigenvalue weighted by atomic mass is 79.9. The van der Waals surface area contributed by atoms with Crippen molar-refractivity contribution in [3.05, 3.63) is 50.3 Å². The van der Waals surface area contributed by atoms with Crippen molar-refractivity contribution in [1.82, 2.24) is 15.3 Å². The molecule has 0 aliphatic heterocycles. The van der Waals surface area contributed by atoms with Gasteiger partial charge >= 0.3 is 0 Å². The molecule has 0 aliphatic carbocycles. The molecular formula is C18H21BrN4O3S. The Morgan fingerprint density at radius 2 is 1.89 bits per heavy atom. The molecule has 2 rings (SSSR count). The van der Waals surface area contributed by atoms with Crippen LogP contribution in [0.4, 0.5) is 5.69 Å². The maximum absolute atomic E-state index is 12.0. The normalized spacial score (nSPS) is 10.5.